The van der Waals surface area contributed by atoms with E-state index in [0.29, 0.717) is 35.9 Å². The Morgan fingerprint density at radius 3 is 2.48 bits per heavy atom. The van der Waals surface area contributed by atoms with Crippen molar-refractivity contribution in [2.45, 2.75) is 70.9 Å². The summed E-state index contributed by atoms with van der Waals surface area (Å²) in [5.74, 6) is -0.715. The Kier molecular flexibility index (Phi) is 10.8. The molecule has 5 rings (SSSR count). The van der Waals surface area contributed by atoms with Gasteiger partial charge in [-0.1, -0.05) is 51.0 Å². The maximum Gasteiger partial charge on any atom is 0.308 e. The Morgan fingerprint density at radius 1 is 1.07 bits per heavy atom. The summed E-state index contributed by atoms with van der Waals surface area (Å²) in [5.41, 5.74) is 3.10. The van der Waals surface area contributed by atoms with Gasteiger partial charge in [0.2, 0.25) is 5.91 Å². The van der Waals surface area contributed by atoms with Gasteiger partial charge in [0.05, 0.1) is 32.2 Å². The standard InChI is InChI=1S/C37H45FN2O6/c1-5-9-27(10-6-2)40(28-14-15-30(38)24(3)19-28)35(41)22-39-21-29(25-13-16-32-26(20-25)17-18-45-32)36(37(42)43)31(39)23-46-34-12-8-7-11-33(34)44-4/h7-8,11-16,19-20,27,29,31,36H,5-6,9-10,17-18,21-23H2,1-4H3,(H,42,43)/t29-,31+,36?/m1/s1. The number of hydrogen-bond acceptors (Lipinski definition) is 6. The maximum absolute atomic E-state index is 14.4. The highest BCUT2D eigenvalue weighted by Crippen LogP contribution is 2.41. The average Bonchev–Trinajstić information content (AvgIpc) is 3.66. The van der Waals surface area contributed by atoms with E-state index in [2.05, 4.69) is 19.9 Å². The van der Waals surface area contributed by atoms with E-state index in [4.69, 9.17) is 14.2 Å². The summed E-state index contributed by atoms with van der Waals surface area (Å²) in [4.78, 5) is 31.3. The molecule has 2 heterocycles. The maximum atomic E-state index is 14.4. The highest BCUT2D eigenvalue weighted by atomic mass is 19.1. The summed E-state index contributed by atoms with van der Waals surface area (Å²) in [6.45, 7) is 6.91. The van der Waals surface area contributed by atoms with Crippen LogP contribution in [0, 0.1) is 18.7 Å². The number of carboxylic acid groups (broad SMARTS) is 1. The second-order valence-electron chi connectivity index (χ2n) is 12.3. The molecular weight excluding hydrogens is 587 g/mol. The van der Waals surface area contributed by atoms with Crippen molar-refractivity contribution in [2.75, 3.05) is 38.3 Å². The zero-order valence-corrected chi connectivity index (χ0v) is 27.2. The molecule has 0 radical (unpaired) electrons. The molecule has 2 aliphatic rings. The predicted octanol–water partition coefficient (Wildman–Crippen LogP) is 6.63. The number of rotatable bonds is 14. The Hall–Kier alpha value is -4.11. The van der Waals surface area contributed by atoms with E-state index in [1.165, 1.54) is 6.07 Å². The van der Waals surface area contributed by atoms with E-state index >= 15 is 0 Å². The molecule has 3 atom stereocenters. The largest absolute Gasteiger partial charge is 0.493 e. The third kappa shape index (κ3) is 7.15. The molecule has 0 aromatic heterocycles. The first-order valence-electron chi connectivity index (χ1n) is 16.3. The zero-order chi connectivity index (χ0) is 32.8. The smallest absolute Gasteiger partial charge is 0.308 e. The van der Waals surface area contributed by atoms with Crippen molar-refractivity contribution in [3.05, 3.63) is 83.2 Å². The minimum atomic E-state index is -0.939. The minimum absolute atomic E-state index is 0.00532. The number of aryl methyl sites for hydroxylation is 1. The number of aliphatic carboxylic acids is 1. The lowest BCUT2D eigenvalue weighted by molar-refractivity contribution is -0.143. The Labute approximate surface area is 271 Å². The highest BCUT2D eigenvalue weighted by molar-refractivity contribution is 5.95. The van der Waals surface area contributed by atoms with Crippen molar-refractivity contribution in [3.8, 4) is 17.2 Å². The zero-order valence-electron chi connectivity index (χ0n) is 27.2. The van der Waals surface area contributed by atoms with Gasteiger partial charge in [-0.15, -0.1) is 0 Å². The van der Waals surface area contributed by atoms with Gasteiger partial charge in [-0.25, -0.2) is 4.39 Å². The van der Waals surface area contributed by atoms with Crippen molar-refractivity contribution < 1.29 is 33.3 Å². The first-order chi connectivity index (χ1) is 22.2. The second-order valence-corrected chi connectivity index (χ2v) is 12.3. The summed E-state index contributed by atoms with van der Waals surface area (Å²) in [6, 6.07) is 17.3. The van der Waals surface area contributed by atoms with Crippen LogP contribution in [0.15, 0.2) is 60.7 Å². The third-order valence-electron chi connectivity index (χ3n) is 9.29. The van der Waals surface area contributed by atoms with Gasteiger partial charge in [0.15, 0.2) is 11.5 Å². The normalized spacial score (nSPS) is 19.1. The number of amides is 1. The molecular formula is C37H45FN2O6. The third-order valence-corrected chi connectivity index (χ3v) is 9.29. The Morgan fingerprint density at radius 2 is 1.80 bits per heavy atom. The molecule has 0 bridgehead atoms. The summed E-state index contributed by atoms with van der Waals surface area (Å²) in [6.07, 6.45) is 4.15. The van der Waals surface area contributed by atoms with E-state index in [9.17, 15) is 19.1 Å². The summed E-state index contributed by atoms with van der Waals surface area (Å²) in [5, 5.41) is 10.7. The van der Waals surface area contributed by atoms with Crippen molar-refractivity contribution in [1.82, 2.24) is 4.90 Å². The number of para-hydroxylation sites is 2. The van der Waals surface area contributed by atoms with Gasteiger partial charge in [0, 0.05) is 30.6 Å². The number of fused-ring (bicyclic) bond motifs is 1. The SMILES string of the molecule is CCCC(CCC)N(C(=O)CN1C[C@H](c2ccc3c(c2)CCO3)C(C(=O)O)[C@@H]1COc1ccccc1OC)c1ccc(F)c(C)c1. The van der Waals surface area contributed by atoms with Crippen LogP contribution in [0.25, 0.3) is 0 Å². The number of ether oxygens (including phenoxy) is 3. The number of anilines is 1. The molecule has 8 nitrogen and oxygen atoms in total. The van der Waals surface area contributed by atoms with Crippen LogP contribution >= 0.6 is 0 Å². The van der Waals surface area contributed by atoms with Crippen molar-refractivity contribution in [3.63, 3.8) is 0 Å². The van der Waals surface area contributed by atoms with Crippen molar-refractivity contribution in [2.24, 2.45) is 5.92 Å². The molecule has 9 heteroatoms. The van der Waals surface area contributed by atoms with E-state index < -0.39 is 17.9 Å². The average molecular weight is 633 g/mol. The van der Waals surface area contributed by atoms with E-state index in [1.54, 1.807) is 38.3 Å². The van der Waals surface area contributed by atoms with E-state index in [-0.39, 0.29) is 36.8 Å². The van der Waals surface area contributed by atoms with Gasteiger partial charge in [0.25, 0.3) is 0 Å². The van der Waals surface area contributed by atoms with Gasteiger partial charge in [-0.3, -0.25) is 14.5 Å². The molecule has 246 valence electrons. The lowest BCUT2D eigenvalue weighted by Crippen LogP contribution is -2.49. The molecule has 1 fully saturated rings. The van der Waals surface area contributed by atoms with Gasteiger partial charge >= 0.3 is 5.97 Å². The number of benzene rings is 3. The Bertz CT molecular complexity index is 1520. The highest BCUT2D eigenvalue weighted by Gasteiger charge is 2.48. The molecule has 0 saturated carbocycles. The number of carbonyl (C=O) groups is 2. The number of hydrogen-bond donors (Lipinski definition) is 1. The topological polar surface area (TPSA) is 88.5 Å². The fourth-order valence-corrected chi connectivity index (χ4v) is 7.04. The van der Waals surface area contributed by atoms with Gasteiger partial charge < -0.3 is 24.2 Å². The molecule has 3 aromatic carbocycles. The number of carboxylic acids is 1. The van der Waals surface area contributed by atoms with Crippen LogP contribution in [0.3, 0.4) is 0 Å². The predicted molar refractivity (Wildman–Crippen MR) is 176 cm³/mol. The number of likely N-dealkylation sites (tertiary alicyclic amines) is 1. The monoisotopic (exact) mass is 632 g/mol. The van der Waals surface area contributed by atoms with Crippen LogP contribution in [0.1, 0.15) is 62.1 Å². The van der Waals surface area contributed by atoms with Crippen LogP contribution in [-0.2, 0) is 16.0 Å². The van der Waals surface area contributed by atoms with E-state index in [1.807, 2.05) is 34.1 Å². The number of halogens is 1. The van der Waals surface area contributed by atoms with Crippen molar-refractivity contribution >= 4 is 17.6 Å². The van der Waals surface area contributed by atoms with Crippen molar-refractivity contribution in [1.29, 1.82) is 0 Å². The van der Waals surface area contributed by atoms with E-state index in [0.717, 1.165) is 49.0 Å². The van der Waals surface area contributed by atoms with Crippen LogP contribution in [0.5, 0.6) is 17.2 Å². The fraction of sp³-hybridized carbons (Fsp3) is 0.459. The molecule has 0 spiro atoms. The molecule has 3 aromatic rings. The van der Waals surface area contributed by atoms with Crippen LogP contribution in [-0.4, -0.2) is 67.4 Å². The quantitative estimate of drug-likeness (QED) is 0.214. The first-order valence-corrected chi connectivity index (χ1v) is 16.3. The summed E-state index contributed by atoms with van der Waals surface area (Å²) < 4.78 is 31.8. The summed E-state index contributed by atoms with van der Waals surface area (Å²) in [7, 11) is 1.56. The fourth-order valence-electron chi connectivity index (χ4n) is 7.04. The molecule has 0 aliphatic carbocycles. The molecule has 2 aliphatic heterocycles. The number of methoxy groups -OCH3 is 1. The Balaban J connectivity index is 1.50. The van der Waals surface area contributed by atoms with Gasteiger partial charge in [-0.05, 0) is 72.9 Å². The molecule has 1 amide bonds. The second kappa shape index (κ2) is 15.0. The first kappa shape index (κ1) is 33.3. The molecule has 46 heavy (non-hydrogen) atoms. The number of carbonyl (C=O) groups excluding carboxylic acids is 1. The summed E-state index contributed by atoms with van der Waals surface area (Å²) >= 11 is 0. The lowest BCUT2D eigenvalue weighted by Gasteiger charge is -2.35. The van der Waals surface area contributed by atoms with Crippen LogP contribution in [0.2, 0.25) is 0 Å². The number of nitrogens with zero attached hydrogens (tertiary/aromatic N) is 2. The minimum Gasteiger partial charge on any atom is -0.493 e. The molecule has 1 saturated heterocycles. The molecule has 1 unspecified atom stereocenters. The van der Waals surface area contributed by atoms with Gasteiger partial charge in [-0.2, -0.15) is 0 Å². The lowest BCUT2D eigenvalue weighted by atomic mass is 9.84. The van der Waals surface area contributed by atoms with Crippen LogP contribution < -0.4 is 19.1 Å². The molecule has 1 N–H and O–H groups in total. The van der Waals surface area contributed by atoms with Crippen LogP contribution in [0.4, 0.5) is 10.1 Å². The van der Waals surface area contributed by atoms with Gasteiger partial charge in [0.1, 0.15) is 18.2 Å².